The highest BCUT2D eigenvalue weighted by Crippen LogP contribution is 2.29. The number of guanidine groups is 2. The first-order valence-electron chi connectivity index (χ1n) is 5.99. The van der Waals surface area contributed by atoms with Gasteiger partial charge in [-0.25, -0.2) is 0 Å². The summed E-state index contributed by atoms with van der Waals surface area (Å²) in [5.41, 5.74) is -0.402. The Morgan fingerprint density at radius 3 is 2.15 bits per heavy atom. The normalized spacial score (nSPS) is 14.6. The van der Waals surface area contributed by atoms with Gasteiger partial charge in [-0.2, -0.15) is 13.2 Å². The van der Waals surface area contributed by atoms with Crippen molar-refractivity contribution in [3.8, 4) is 0 Å². The van der Waals surface area contributed by atoms with Crippen LogP contribution >= 0.6 is 0 Å². The zero-order valence-electron chi connectivity index (χ0n) is 10.4. The minimum atomic E-state index is -4.37. The third kappa shape index (κ3) is 4.15. The molecule has 0 amide bonds. The minimum Gasteiger partial charge on any atom is -0.353 e. The topological polar surface area (TPSA) is 83.8 Å². The van der Waals surface area contributed by atoms with Crippen LogP contribution in [0.5, 0.6) is 0 Å². The lowest BCUT2D eigenvalue weighted by Crippen LogP contribution is -2.43. The molecule has 1 aromatic carbocycles. The Kier molecular flexibility index (Phi) is 3.82. The molecule has 5 N–H and O–H groups in total. The maximum absolute atomic E-state index is 12.4. The van der Waals surface area contributed by atoms with Gasteiger partial charge in [0.05, 0.1) is 5.56 Å². The molecule has 8 heteroatoms. The lowest BCUT2D eigenvalue weighted by atomic mass is 10.2. The molecule has 108 valence electrons. The molecule has 1 fully saturated rings. The Balaban J connectivity index is 1.85. The SMILES string of the molecule is N=C(NC(=N)NC1CC1)Nc1ccc(C(F)(F)F)cc1. The number of nitrogens with one attached hydrogen (secondary N) is 5. The molecule has 1 aliphatic carbocycles. The molecule has 1 saturated carbocycles. The van der Waals surface area contributed by atoms with Crippen LogP contribution in [0, 0.1) is 10.8 Å². The monoisotopic (exact) mass is 285 g/mol. The van der Waals surface area contributed by atoms with Crippen molar-refractivity contribution in [2.45, 2.75) is 25.1 Å². The Labute approximate surface area is 113 Å². The van der Waals surface area contributed by atoms with Crippen LogP contribution in [0.25, 0.3) is 0 Å². The number of rotatable bonds is 2. The summed E-state index contributed by atoms with van der Waals surface area (Å²) in [5, 5.41) is 23.0. The fourth-order valence-electron chi connectivity index (χ4n) is 1.51. The van der Waals surface area contributed by atoms with Crippen molar-refractivity contribution in [2.24, 2.45) is 0 Å². The standard InChI is InChI=1S/C12H14F3N5/c13-12(14,15)7-1-3-8(4-2-7)18-10(16)20-11(17)19-9-5-6-9/h1-4,9H,5-6H2,(H5,16,17,18,19,20). The van der Waals surface area contributed by atoms with Crippen molar-refractivity contribution < 1.29 is 13.2 Å². The molecule has 0 spiro atoms. The summed E-state index contributed by atoms with van der Waals surface area (Å²) in [4.78, 5) is 0. The van der Waals surface area contributed by atoms with Gasteiger partial charge in [-0.1, -0.05) is 0 Å². The second-order valence-corrected chi connectivity index (χ2v) is 4.49. The van der Waals surface area contributed by atoms with Crippen LogP contribution in [0.2, 0.25) is 0 Å². The lowest BCUT2D eigenvalue weighted by Gasteiger charge is -2.13. The summed E-state index contributed by atoms with van der Waals surface area (Å²) < 4.78 is 37.1. The highest BCUT2D eigenvalue weighted by Gasteiger charge is 2.30. The van der Waals surface area contributed by atoms with E-state index in [1.54, 1.807) is 0 Å². The number of halogens is 3. The molecule has 0 saturated heterocycles. The van der Waals surface area contributed by atoms with Crippen molar-refractivity contribution in [2.75, 3.05) is 5.32 Å². The maximum Gasteiger partial charge on any atom is 0.416 e. The Morgan fingerprint density at radius 2 is 1.65 bits per heavy atom. The van der Waals surface area contributed by atoms with E-state index in [1.165, 1.54) is 12.1 Å². The first-order chi connectivity index (χ1) is 9.34. The number of benzene rings is 1. The molecule has 0 unspecified atom stereocenters. The van der Waals surface area contributed by atoms with Gasteiger partial charge in [-0.3, -0.25) is 16.1 Å². The van der Waals surface area contributed by atoms with E-state index in [0.717, 1.165) is 25.0 Å². The minimum absolute atomic E-state index is 0.00286. The smallest absolute Gasteiger partial charge is 0.353 e. The molecule has 0 aliphatic heterocycles. The summed E-state index contributed by atoms with van der Waals surface area (Å²) in [6, 6.07) is 4.62. The lowest BCUT2D eigenvalue weighted by molar-refractivity contribution is -0.137. The van der Waals surface area contributed by atoms with E-state index >= 15 is 0 Å². The van der Waals surface area contributed by atoms with E-state index < -0.39 is 11.7 Å². The van der Waals surface area contributed by atoms with E-state index in [1.807, 2.05) is 0 Å². The Hall–Kier alpha value is -2.25. The van der Waals surface area contributed by atoms with Crippen LogP contribution in [0.1, 0.15) is 18.4 Å². The van der Waals surface area contributed by atoms with Gasteiger partial charge < -0.3 is 10.6 Å². The van der Waals surface area contributed by atoms with Gasteiger partial charge in [0.1, 0.15) is 0 Å². The zero-order chi connectivity index (χ0) is 14.8. The van der Waals surface area contributed by atoms with E-state index in [-0.39, 0.29) is 18.0 Å². The molecule has 0 bridgehead atoms. The fraction of sp³-hybridized carbons (Fsp3) is 0.333. The molecular weight excluding hydrogens is 271 g/mol. The fourth-order valence-corrected chi connectivity index (χ4v) is 1.51. The highest BCUT2D eigenvalue weighted by atomic mass is 19.4. The van der Waals surface area contributed by atoms with Gasteiger partial charge in [0, 0.05) is 11.7 Å². The summed E-state index contributed by atoms with van der Waals surface area (Å²) in [6.07, 6.45) is -2.37. The quantitative estimate of drug-likeness (QED) is 0.427. The maximum atomic E-state index is 12.4. The largest absolute Gasteiger partial charge is 0.416 e. The van der Waals surface area contributed by atoms with Gasteiger partial charge in [-0.05, 0) is 37.1 Å². The van der Waals surface area contributed by atoms with Crippen LogP contribution in [-0.4, -0.2) is 18.0 Å². The third-order valence-electron chi connectivity index (χ3n) is 2.66. The van der Waals surface area contributed by atoms with Gasteiger partial charge in [0.25, 0.3) is 0 Å². The molecule has 0 heterocycles. The van der Waals surface area contributed by atoms with Crippen molar-refractivity contribution in [3.05, 3.63) is 29.8 Å². The van der Waals surface area contributed by atoms with E-state index in [9.17, 15) is 13.2 Å². The Morgan fingerprint density at radius 1 is 1.05 bits per heavy atom. The van der Waals surface area contributed by atoms with Gasteiger partial charge in [-0.15, -0.1) is 0 Å². The van der Waals surface area contributed by atoms with Crippen molar-refractivity contribution in [3.63, 3.8) is 0 Å². The van der Waals surface area contributed by atoms with Crippen molar-refractivity contribution in [1.29, 1.82) is 10.8 Å². The number of hydrogen-bond donors (Lipinski definition) is 5. The number of hydrogen-bond acceptors (Lipinski definition) is 2. The second kappa shape index (κ2) is 5.40. The molecule has 0 aromatic heterocycles. The van der Waals surface area contributed by atoms with Crippen molar-refractivity contribution in [1.82, 2.24) is 10.6 Å². The third-order valence-corrected chi connectivity index (χ3v) is 2.66. The van der Waals surface area contributed by atoms with E-state index in [2.05, 4.69) is 16.0 Å². The van der Waals surface area contributed by atoms with Crippen LogP contribution < -0.4 is 16.0 Å². The molecular formula is C12H14F3N5. The van der Waals surface area contributed by atoms with E-state index in [0.29, 0.717) is 5.69 Å². The second-order valence-electron chi connectivity index (χ2n) is 4.49. The molecule has 1 aliphatic rings. The van der Waals surface area contributed by atoms with Crippen LogP contribution in [-0.2, 0) is 6.18 Å². The molecule has 20 heavy (non-hydrogen) atoms. The Bertz CT molecular complexity index is 505. The summed E-state index contributed by atoms with van der Waals surface area (Å²) in [7, 11) is 0. The van der Waals surface area contributed by atoms with Crippen LogP contribution in [0.3, 0.4) is 0 Å². The molecule has 0 radical (unpaired) electrons. The van der Waals surface area contributed by atoms with E-state index in [4.69, 9.17) is 10.8 Å². The zero-order valence-corrected chi connectivity index (χ0v) is 10.4. The molecule has 0 atom stereocenters. The first-order valence-corrected chi connectivity index (χ1v) is 5.99. The van der Waals surface area contributed by atoms with Gasteiger partial charge in [0.2, 0.25) is 0 Å². The van der Waals surface area contributed by atoms with Crippen molar-refractivity contribution >= 4 is 17.6 Å². The number of anilines is 1. The van der Waals surface area contributed by atoms with Gasteiger partial charge in [0.15, 0.2) is 11.9 Å². The molecule has 1 aromatic rings. The summed E-state index contributed by atoms with van der Waals surface area (Å²) >= 11 is 0. The summed E-state index contributed by atoms with van der Waals surface area (Å²) in [5.74, 6) is -0.181. The number of alkyl halides is 3. The van der Waals surface area contributed by atoms with Gasteiger partial charge >= 0.3 is 6.18 Å². The first kappa shape index (κ1) is 14.2. The highest BCUT2D eigenvalue weighted by molar-refractivity contribution is 6.02. The predicted octanol–water partition coefficient (Wildman–Crippen LogP) is 2.33. The molecule has 2 rings (SSSR count). The average molecular weight is 285 g/mol. The summed E-state index contributed by atoms with van der Waals surface area (Å²) in [6.45, 7) is 0. The molecule has 5 nitrogen and oxygen atoms in total. The average Bonchev–Trinajstić information content (AvgIpc) is 3.11. The van der Waals surface area contributed by atoms with Crippen LogP contribution in [0.15, 0.2) is 24.3 Å². The predicted molar refractivity (Wildman–Crippen MR) is 69.8 cm³/mol. The van der Waals surface area contributed by atoms with Crippen LogP contribution in [0.4, 0.5) is 18.9 Å².